The minimum Gasteiger partial charge on any atom is -0.512 e. The monoisotopic (exact) mass is 627 g/mol. The predicted octanol–water partition coefficient (Wildman–Crippen LogP) is 4.43. The maximum atomic E-state index is 14.5. The smallest absolute Gasteiger partial charge is 0.263 e. The molecule has 0 amide bonds. The van der Waals surface area contributed by atoms with E-state index in [4.69, 9.17) is 15.2 Å². The van der Waals surface area contributed by atoms with Gasteiger partial charge >= 0.3 is 0 Å². The van der Waals surface area contributed by atoms with Crippen molar-refractivity contribution in [1.29, 1.82) is 0 Å². The topological polar surface area (TPSA) is 131 Å². The Morgan fingerprint density at radius 2 is 2.09 bits per heavy atom. The molecule has 1 aromatic carbocycles. The van der Waals surface area contributed by atoms with Gasteiger partial charge in [-0.15, -0.1) is 0 Å². The number of ether oxygens (including phenoxy) is 2. The highest BCUT2D eigenvalue weighted by atomic mass is 19.1. The molecule has 1 fully saturated rings. The van der Waals surface area contributed by atoms with Gasteiger partial charge in [0, 0.05) is 43.7 Å². The van der Waals surface area contributed by atoms with Gasteiger partial charge in [0.2, 0.25) is 0 Å². The van der Waals surface area contributed by atoms with E-state index in [1.54, 1.807) is 4.57 Å². The number of hydrogen-bond donors (Lipinski definition) is 3. The van der Waals surface area contributed by atoms with E-state index in [2.05, 4.69) is 26.4 Å². The molecule has 2 aliphatic heterocycles. The lowest BCUT2D eigenvalue weighted by Gasteiger charge is -2.28. The van der Waals surface area contributed by atoms with Crippen LogP contribution in [0.15, 0.2) is 77.0 Å². The first-order chi connectivity index (χ1) is 22.4. The van der Waals surface area contributed by atoms with Crippen molar-refractivity contribution in [2.45, 2.75) is 38.8 Å². The average molecular weight is 628 g/mol. The molecule has 4 aliphatic rings. The zero-order valence-electron chi connectivity index (χ0n) is 25.8. The van der Waals surface area contributed by atoms with E-state index in [0.717, 1.165) is 67.7 Å². The number of nitrogens with zero attached hydrogens (tertiary/aromatic N) is 5. The summed E-state index contributed by atoms with van der Waals surface area (Å²) in [6, 6.07) is 7.40. The molecule has 2 aromatic heterocycles. The molecule has 0 spiro atoms. The lowest BCUT2D eigenvalue weighted by atomic mass is 9.88. The number of aliphatic hydroxyl groups is 1. The fourth-order valence-corrected chi connectivity index (χ4v) is 6.88. The Hall–Kier alpha value is -4.52. The number of aromatic nitrogens is 3. The van der Waals surface area contributed by atoms with E-state index in [-0.39, 0.29) is 30.1 Å². The molecule has 12 heteroatoms. The van der Waals surface area contributed by atoms with Crippen LogP contribution in [0.5, 0.6) is 0 Å². The number of hydrogen-bond acceptors (Lipinski definition) is 10. The predicted molar refractivity (Wildman–Crippen MR) is 174 cm³/mol. The first-order valence-electron chi connectivity index (χ1n) is 15.8. The largest absolute Gasteiger partial charge is 0.512 e. The molecule has 11 nitrogen and oxygen atoms in total. The molecule has 4 N–H and O–H groups in total. The molecule has 2 atom stereocenters. The van der Waals surface area contributed by atoms with Crippen LogP contribution >= 0.6 is 0 Å². The summed E-state index contributed by atoms with van der Waals surface area (Å²) < 4.78 is 28.1. The van der Waals surface area contributed by atoms with Gasteiger partial charge in [-0.2, -0.15) is 0 Å². The molecule has 1 saturated heterocycles. The summed E-state index contributed by atoms with van der Waals surface area (Å²) in [6.07, 6.45) is 9.68. The van der Waals surface area contributed by atoms with Gasteiger partial charge in [0.15, 0.2) is 5.82 Å². The molecule has 2 aliphatic carbocycles. The number of hydrazine groups is 1. The van der Waals surface area contributed by atoms with Crippen LogP contribution in [0.1, 0.15) is 42.1 Å². The van der Waals surface area contributed by atoms with Gasteiger partial charge in [-0.1, -0.05) is 24.3 Å². The Bertz CT molecular complexity index is 1840. The summed E-state index contributed by atoms with van der Waals surface area (Å²) in [7, 11) is 0. The molecule has 4 heterocycles. The first kappa shape index (κ1) is 30.2. The number of fused-ring (bicyclic) bond motifs is 2. The first-order valence-corrected chi connectivity index (χ1v) is 15.8. The van der Waals surface area contributed by atoms with Crippen molar-refractivity contribution >= 4 is 28.1 Å². The van der Waals surface area contributed by atoms with Crippen LogP contribution in [0, 0.1) is 12.8 Å². The number of aryl methyl sites for hydroxylation is 1. The highest BCUT2D eigenvalue weighted by Gasteiger charge is 2.38. The second-order valence-electron chi connectivity index (χ2n) is 12.1. The number of rotatable bonds is 8. The number of allylic oxidation sites excluding steroid dienone is 6. The van der Waals surface area contributed by atoms with Gasteiger partial charge in [-0.25, -0.2) is 19.8 Å². The second-order valence-corrected chi connectivity index (χ2v) is 12.1. The number of nitrogens with one attached hydrogen (secondary N) is 1. The molecule has 0 saturated carbocycles. The highest BCUT2D eigenvalue weighted by Crippen LogP contribution is 2.43. The molecule has 2 unspecified atom stereocenters. The lowest BCUT2D eigenvalue weighted by molar-refractivity contribution is 0.0281. The molecule has 46 heavy (non-hydrogen) atoms. The van der Waals surface area contributed by atoms with Crippen molar-refractivity contribution in [3.05, 3.63) is 99.4 Å². The van der Waals surface area contributed by atoms with Crippen LogP contribution in [-0.4, -0.2) is 64.0 Å². The van der Waals surface area contributed by atoms with Crippen molar-refractivity contribution in [1.82, 2.24) is 24.9 Å². The van der Waals surface area contributed by atoms with Crippen molar-refractivity contribution in [2.75, 3.05) is 50.2 Å². The van der Waals surface area contributed by atoms with Crippen LogP contribution in [-0.2, 0) is 16.0 Å². The van der Waals surface area contributed by atoms with Gasteiger partial charge in [0.05, 0.1) is 48.2 Å². The molecule has 0 bridgehead atoms. The number of benzene rings is 1. The minimum atomic E-state index is -0.511. The van der Waals surface area contributed by atoms with Crippen LogP contribution in [0.3, 0.4) is 0 Å². The Kier molecular flexibility index (Phi) is 8.33. The van der Waals surface area contributed by atoms with Crippen molar-refractivity contribution < 1.29 is 19.0 Å². The van der Waals surface area contributed by atoms with Crippen molar-refractivity contribution in [2.24, 2.45) is 5.92 Å². The third kappa shape index (κ3) is 5.79. The number of morpholine rings is 1. The fraction of sp³-hybridized carbons (Fsp3) is 0.382. The van der Waals surface area contributed by atoms with Gasteiger partial charge < -0.3 is 20.3 Å². The lowest BCUT2D eigenvalue weighted by Crippen LogP contribution is -2.39. The number of halogens is 1. The zero-order chi connectivity index (χ0) is 31.8. The molecule has 7 rings (SSSR count). The summed E-state index contributed by atoms with van der Waals surface area (Å²) in [5.74, 6) is 0.516. The number of anilines is 2. The van der Waals surface area contributed by atoms with Crippen molar-refractivity contribution in [3.8, 4) is 0 Å². The summed E-state index contributed by atoms with van der Waals surface area (Å²) >= 11 is 0. The normalized spacial score (nSPS) is 21.8. The third-order valence-corrected chi connectivity index (χ3v) is 9.10. The molecular weight excluding hydrogens is 589 g/mol. The van der Waals surface area contributed by atoms with E-state index in [1.807, 2.05) is 42.3 Å². The molecule has 0 radical (unpaired) electrons. The zero-order valence-corrected chi connectivity index (χ0v) is 25.8. The average Bonchev–Trinajstić information content (AvgIpc) is 3.41. The molecular formula is C34H38FN7O4. The Morgan fingerprint density at radius 1 is 1.24 bits per heavy atom. The van der Waals surface area contributed by atoms with E-state index >= 15 is 0 Å². The van der Waals surface area contributed by atoms with Gasteiger partial charge in [0.25, 0.3) is 5.56 Å². The van der Waals surface area contributed by atoms with E-state index in [9.17, 15) is 14.3 Å². The standard InChI is InChI=1S/C34H38FN7O4/c1-21-5-4-6-22-16-25(19-41-33-30(32(36)37-20-38-33)31(39-41)23-15-24(35)18-26(43)17-23)42(34(44)29(21)22)27-7-2-3-8-28(27)46-14-11-40-9-12-45-13-10-40/h3-6,8,15-16,18,20,23,31,39,43H,2,7,9-14,17,19H2,1H3,(H2,36,37,38). The van der Waals surface area contributed by atoms with Crippen molar-refractivity contribution in [3.63, 3.8) is 0 Å². The van der Waals surface area contributed by atoms with Crippen LogP contribution < -0.4 is 21.7 Å². The quantitative estimate of drug-likeness (QED) is 0.330. The summed E-state index contributed by atoms with van der Waals surface area (Å²) in [4.78, 5) is 25.5. The highest BCUT2D eigenvalue weighted by molar-refractivity contribution is 5.86. The number of nitrogens with two attached hydrogens (primary N) is 1. The number of pyridine rings is 1. The summed E-state index contributed by atoms with van der Waals surface area (Å²) in [5, 5.41) is 13.6. The number of aliphatic hydroxyl groups excluding tert-OH is 1. The Labute approximate surface area is 266 Å². The van der Waals surface area contributed by atoms with Gasteiger partial charge in [-0.3, -0.25) is 19.3 Å². The maximum absolute atomic E-state index is 14.5. The summed E-state index contributed by atoms with van der Waals surface area (Å²) in [5.41, 5.74) is 12.8. The molecule has 240 valence electrons. The Morgan fingerprint density at radius 3 is 2.91 bits per heavy atom. The summed E-state index contributed by atoms with van der Waals surface area (Å²) in [6.45, 7) is 6.64. The van der Waals surface area contributed by atoms with Crippen LogP contribution in [0.25, 0.3) is 16.5 Å². The van der Waals surface area contributed by atoms with E-state index < -0.39 is 17.8 Å². The number of nitrogen functional groups attached to an aromatic ring is 1. The minimum absolute atomic E-state index is 0.0422. The second kappa shape index (κ2) is 12.7. The SMILES string of the molecule is Cc1cccc2cc(CN3NC(C4C=C(F)C=C(O)C4)c4c(N)ncnc43)n(C3=C(OCCN4CCOCC4)C=CCC3)c(=O)c12. The van der Waals surface area contributed by atoms with Gasteiger partial charge in [-0.05, 0) is 48.9 Å². The van der Waals surface area contributed by atoms with Crippen LogP contribution in [0.4, 0.5) is 16.0 Å². The fourth-order valence-electron chi connectivity index (χ4n) is 6.88. The van der Waals surface area contributed by atoms with Crippen LogP contribution in [0.2, 0.25) is 0 Å². The molecule has 3 aromatic rings. The maximum Gasteiger partial charge on any atom is 0.263 e. The van der Waals surface area contributed by atoms with Gasteiger partial charge in [0.1, 0.15) is 30.3 Å². The van der Waals surface area contributed by atoms with E-state index in [0.29, 0.717) is 35.6 Å². The Balaban J connectivity index is 1.28. The third-order valence-electron chi connectivity index (χ3n) is 9.10. The van der Waals surface area contributed by atoms with E-state index in [1.165, 1.54) is 12.4 Å².